The number of nitrogens with zero attached hydrogens (tertiary/aromatic N) is 3. The molecule has 2 N–H and O–H groups in total. The predicted molar refractivity (Wildman–Crippen MR) is 61.0 cm³/mol. The van der Waals surface area contributed by atoms with Gasteiger partial charge >= 0.3 is 12.0 Å². The van der Waals surface area contributed by atoms with Gasteiger partial charge in [0.05, 0.1) is 5.92 Å². The Morgan fingerprint density at radius 1 is 1.53 bits per heavy atom. The Hall–Kier alpha value is -1.70. The molecule has 0 bridgehead atoms. The summed E-state index contributed by atoms with van der Waals surface area (Å²) in [5, 5.41) is 20.2. The van der Waals surface area contributed by atoms with E-state index in [9.17, 15) is 9.59 Å². The molecule has 1 atom stereocenters. The predicted octanol–water partition coefficient (Wildman–Crippen LogP) is 0.785. The topological polar surface area (TPSA) is 95.4 Å². The van der Waals surface area contributed by atoms with Crippen LogP contribution >= 0.6 is 11.3 Å². The first-order valence-electron chi connectivity index (χ1n) is 5.15. The highest BCUT2D eigenvalue weighted by molar-refractivity contribution is 7.15. The fourth-order valence-corrected chi connectivity index (χ4v) is 2.25. The van der Waals surface area contributed by atoms with Gasteiger partial charge in [0.1, 0.15) is 5.01 Å². The van der Waals surface area contributed by atoms with E-state index in [2.05, 4.69) is 15.5 Å². The number of aryl methyl sites for hydroxylation is 1. The van der Waals surface area contributed by atoms with Gasteiger partial charge in [-0.2, -0.15) is 0 Å². The number of rotatable bonds is 2. The Bertz CT molecular complexity index is 447. The van der Waals surface area contributed by atoms with E-state index in [4.69, 9.17) is 5.11 Å². The maximum atomic E-state index is 11.8. The number of aromatic nitrogens is 2. The van der Waals surface area contributed by atoms with Crippen molar-refractivity contribution >= 4 is 28.5 Å². The van der Waals surface area contributed by atoms with Gasteiger partial charge in [-0.3, -0.25) is 10.1 Å². The lowest BCUT2D eigenvalue weighted by Crippen LogP contribution is -2.33. The van der Waals surface area contributed by atoms with Crippen LogP contribution in [0.25, 0.3) is 0 Å². The summed E-state index contributed by atoms with van der Waals surface area (Å²) in [7, 11) is 0. The van der Waals surface area contributed by atoms with Crippen molar-refractivity contribution in [1.82, 2.24) is 15.1 Å². The number of carbonyl (C=O) groups is 2. The maximum absolute atomic E-state index is 11.8. The number of amides is 2. The van der Waals surface area contributed by atoms with Crippen molar-refractivity contribution in [1.29, 1.82) is 0 Å². The van der Waals surface area contributed by atoms with E-state index in [1.807, 2.05) is 0 Å². The highest BCUT2D eigenvalue weighted by atomic mass is 32.1. The van der Waals surface area contributed by atoms with Crippen molar-refractivity contribution < 1.29 is 14.7 Å². The van der Waals surface area contributed by atoms with Gasteiger partial charge in [0, 0.05) is 13.1 Å². The highest BCUT2D eigenvalue weighted by Gasteiger charge is 2.31. The molecule has 7 nitrogen and oxygen atoms in total. The van der Waals surface area contributed by atoms with Gasteiger partial charge in [-0.1, -0.05) is 11.3 Å². The molecule has 0 aromatic carbocycles. The molecule has 1 aliphatic heterocycles. The molecule has 2 rings (SSSR count). The molecule has 2 heterocycles. The number of likely N-dealkylation sites (tertiary alicyclic amines) is 1. The number of hydrogen-bond donors (Lipinski definition) is 2. The fraction of sp³-hybridized carbons (Fsp3) is 0.556. The molecule has 0 radical (unpaired) electrons. The molecular weight excluding hydrogens is 244 g/mol. The van der Waals surface area contributed by atoms with Gasteiger partial charge < -0.3 is 10.0 Å². The van der Waals surface area contributed by atoms with Crippen molar-refractivity contribution in [3.8, 4) is 0 Å². The Morgan fingerprint density at radius 2 is 2.29 bits per heavy atom. The van der Waals surface area contributed by atoms with Crippen LogP contribution < -0.4 is 5.32 Å². The Labute approximate surface area is 101 Å². The molecular formula is C9H12N4O3S. The zero-order chi connectivity index (χ0) is 12.4. The monoisotopic (exact) mass is 256 g/mol. The smallest absolute Gasteiger partial charge is 0.323 e. The van der Waals surface area contributed by atoms with Crippen LogP contribution in [0.3, 0.4) is 0 Å². The van der Waals surface area contributed by atoms with E-state index in [0.29, 0.717) is 18.1 Å². The summed E-state index contributed by atoms with van der Waals surface area (Å²) in [5.74, 6) is -1.32. The van der Waals surface area contributed by atoms with Crippen LogP contribution in [-0.4, -0.2) is 45.3 Å². The lowest BCUT2D eigenvalue weighted by molar-refractivity contribution is -0.141. The minimum absolute atomic E-state index is 0.249. The summed E-state index contributed by atoms with van der Waals surface area (Å²) in [6, 6.07) is -0.315. The normalized spacial score (nSPS) is 19.4. The number of hydrogen-bond acceptors (Lipinski definition) is 5. The van der Waals surface area contributed by atoms with Crippen LogP contribution in [0, 0.1) is 12.8 Å². The van der Waals surface area contributed by atoms with E-state index in [0.717, 1.165) is 5.01 Å². The number of nitrogens with one attached hydrogen (secondary N) is 1. The Balaban J connectivity index is 1.91. The van der Waals surface area contributed by atoms with Gasteiger partial charge in [0.2, 0.25) is 5.13 Å². The molecule has 1 aromatic rings. The lowest BCUT2D eigenvalue weighted by atomic mass is 10.1. The van der Waals surface area contributed by atoms with Gasteiger partial charge in [-0.15, -0.1) is 10.2 Å². The van der Waals surface area contributed by atoms with Crippen LogP contribution in [0.5, 0.6) is 0 Å². The van der Waals surface area contributed by atoms with Crippen LogP contribution in [0.2, 0.25) is 0 Å². The molecule has 1 unspecified atom stereocenters. The highest BCUT2D eigenvalue weighted by Crippen LogP contribution is 2.19. The molecule has 0 aliphatic carbocycles. The molecule has 1 fully saturated rings. The van der Waals surface area contributed by atoms with Crippen molar-refractivity contribution in [2.75, 3.05) is 18.4 Å². The van der Waals surface area contributed by atoms with Crippen molar-refractivity contribution in [3.05, 3.63) is 5.01 Å². The molecule has 1 aromatic heterocycles. The minimum atomic E-state index is -0.855. The van der Waals surface area contributed by atoms with Crippen LogP contribution in [-0.2, 0) is 4.79 Å². The summed E-state index contributed by atoms with van der Waals surface area (Å²) >= 11 is 1.28. The molecule has 1 aliphatic rings. The van der Waals surface area contributed by atoms with E-state index in [1.165, 1.54) is 16.2 Å². The third kappa shape index (κ3) is 2.70. The zero-order valence-electron chi connectivity index (χ0n) is 9.21. The zero-order valence-corrected chi connectivity index (χ0v) is 10.0. The Kier molecular flexibility index (Phi) is 3.23. The number of carboxylic acid groups (broad SMARTS) is 1. The molecule has 0 spiro atoms. The van der Waals surface area contributed by atoms with Crippen molar-refractivity contribution in [2.45, 2.75) is 13.3 Å². The summed E-state index contributed by atoms with van der Waals surface area (Å²) in [6.07, 6.45) is 0.498. The lowest BCUT2D eigenvalue weighted by Gasteiger charge is -2.14. The van der Waals surface area contributed by atoms with Crippen molar-refractivity contribution in [2.24, 2.45) is 5.92 Å². The molecule has 92 valence electrons. The first-order chi connectivity index (χ1) is 8.06. The van der Waals surface area contributed by atoms with Gasteiger partial charge in [-0.05, 0) is 13.3 Å². The minimum Gasteiger partial charge on any atom is -0.481 e. The maximum Gasteiger partial charge on any atom is 0.323 e. The molecule has 1 saturated heterocycles. The van der Waals surface area contributed by atoms with Gasteiger partial charge in [0.25, 0.3) is 0 Å². The van der Waals surface area contributed by atoms with E-state index in [1.54, 1.807) is 6.92 Å². The molecule has 0 saturated carbocycles. The third-order valence-corrected chi connectivity index (χ3v) is 3.32. The van der Waals surface area contributed by atoms with Gasteiger partial charge in [0.15, 0.2) is 0 Å². The van der Waals surface area contributed by atoms with E-state index in [-0.39, 0.29) is 12.6 Å². The number of anilines is 1. The quantitative estimate of drug-likeness (QED) is 0.815. The van der Waals surface area contributed by atoms with Crippen molar-refractivity contribution in [3.63, 3.8) is 0 Å². The number of carboxylic acids is 1. The van der Waals surface area contributed by atoms with E-state index >= 15 is 0 Å². The number of aliphatic carboxylic acids is 1. The van der Waals surface area contributed by atoms with Crippen LogP contribution in [0.4, 0.5) is 9.93 Å². The summed E-state index contributed by atoms with van der Waals surface area (Å²) in [5.41, 5.74) is 0. The molecule has 17 heavy (non-hydrogen) atoms. The Morgan fingerprint density at radius 3 is 2.82 bits per heavy atom. The fourth-order valence-electron chi connectivity index (χ4n) is 1.66. The standard InChI is InChI=1S/C9H12N4O3S/c1-5-11-12-8(17-5)10-9(16)13-3-2-6(4-13)7(14)15/h6H,2-4H2,1H3,(H,14,15)(H,10,12,16). The molecule has 2 amide bonds. The van der Waals surface area contributed by atoms with Gasteiger partial charge in [-0.25, -0.2) is 4.79 Å². The van der Waals surface area contributed by atoms with Crippen LogP contribution in [0.1, 0.15) is 11.4 Å². The number of urea groups is 1. The largest absolute Gasteiger partial charge is 0.481 e. The first-order valence-corrected chi connectivity index (χ1v) is 5.97. The summed E-state index contributed by atoms with van der Waals surface area (Å²) < 4.78 is 0. The second kappa shape index (κ2) is 4.66. The average molecular weight is 256 g/mol. The average Bonchev–Trinajstić information content (AvgIpc) is 2.86. The summed E-state index contributed by atoms with van der Waals surface area (Å²) in [4.78, 5) is 24.0. The second-order valence-electron chi connectivity index (χ2n) is 3.83. The number of carbonyl (C=O) groups excluding carboxylic acids is 1. The van der Waals surface area contributed by atoms with Crippen LogP contribution in [0.15, 0.2) is 0 Å². The molecule has 8 heteroatoms. The summed E-state index contributed by atoms with van der Waals surface area (Å²) in [6.45, 7) is 2.50. The second-order valence-corrected chi connectivity index (χ2v) is 5.01. The first kappa shape index (κ1) is 11.8. The third-order valence-electron chi connectivity index (χ3n) is 2.56. The SMILES string of the molecule is Cc1nnc(NC(=O)N2CCC(C(=O)O)C2)s1. The van der Waals surface area contributed by atoms with E-state index < -0.39 is 11.9 Å².